The van der Waals surface area contributed by atoms with Crippen LogP contribution in [0.5, 0.6) is 0 Å². The van der Waals surface area contributed by atoms with Gasteiger partial charge in [0, 0.05) is 28.6 Å². The van der Waals surface area contributed by atoms with E-state index in [1.165, 1.54) is 36.4 Å². The van der Waals surface area contributed by atoms with E-state index in [0.717, 1.165) is 22.5 Å². The Bertz CT molecular complexity index is 1670. The standard InChI is InChI=1S/C29H23N5O3S/c35-29(23-16-18-25(19-17-23)33-38(36,37)27-14-8-3-9-15-27)31-30-20-24-21-34(26-12-6-2-7-13-26)32-28(24)22-10-4-1-5-11-22/h1-21,33H,(H,31,35). The molecule has 4 aromatic carbocycles. The number of amides is 1. The van der Waals surface area contributed by atoms with Crippen LogP contribution in [0.4, 0.5) is 5.69 Å². The van der Waals surface area contributed by atoms with Gasteiger partial charge in [0.25, 0.3) is 15.9 Å². The first-order chi connectivity index (χ1) is 18.5. The summed E-state index contributed by atoms with van der Waals surface area (Å²) in [6.45, 7) is 0. The number of rotatable bonds is 8. The van der Waals surface area contributed by atoms with E-state index >= 15 is 0 Å². The monoisotopic (exact) mass is 521 g/mol. The summed E-state index contributed by atoms with van der Waals surface area (Å²) >= 11 is 0. The molecule has 0 aliphatic heterocycles. The van der Waals surface area contributed by atoms with Crippen molar-refractivity contribution in [1.82, 2.24) is 15.2 Å². The van der Waals surface area contributed by atoms with Crippen molar-refractivity contribution in [2.24, 2.45) is 5.10 Å². The number of hydrogen-bond acceptors (Lipinski definition) is 5. The van der Waals surface area contributed by atoms with Gasteiger partial charge in [-0.15, -0.1) is 0 Å². The molecule has 0 atom stereocenters. The van der Waals surface area contributed by atoms with Gasteiger partial charge in [0.1, 0.15) is 5.69 Å². The molecule has 1 amide bonds. The van der Waals surface area contributed by atoms with E-state index in [9.17, 15) is 13.2 Å². The van der Waals surface area contributed by atoms with Crippen molar-refractivity contribution in [2.45, 2.75) is 4.90 Å². The Morgan fingerprint density at radius 1 is 0.789 bits per heavy atom. The minimum atomic E-state index is -3.72. The summed E-state index contributed by atoms with van der Waals surface area (Å²) in [5.41, 5.74) is 6.46. The Labute approximate surface area is 220 Å². The highest BCUT2D eigenvalue weighted by Gasteiger charge is 2.14. The van der Waals surface area contributed by atoms with Gasteiger partial charge in [0.15, 0.2) is 0 Å². The van der Waals surface area contributed by atoms with Crippen LogP contribution in [-0.2, 0) is 10.0 Å². The van der Waals surface area contributed by atoms with Gasteiger partial charge in [-0.1, -0.05) is 66.7 Å². The number of carbonyl (C=O) groups is 1. The zero-order valence-electron chi connectivity index (χ0n) is 20.1. The summed E-state index contributed by atoms with van der Waals surface area (Å²) in [4.78, 5) is 12.8. The van der Waals surface area contributed by atoms with E-state index in [1.807, 2.05) is 66.9 Å². The lowest BCUT2D eigenvalue weighted by Gasteiger charge is -2.08. The summed E-state index contributed by atoms with van der Waals surface area (Å²) in [5.74, 6) is -0.435. The van der Waals surface area contributed by atoms with Gasteiger partial charge in [0.05, 0.1) is 16.8 Å². The molecule has 0 aliphatic rings. The fourth-order valence-corrected chi connectivity index (χ4v) is 4.82. The number of hydrogen-bond donors (Lipinski definition) is 2. The van der Waals surface area contributed by atoms with Crippen molar-refractivity contribution in [3.05, 3.63) is 133 Å². The Kier molecular flexibility index (Phi) is 7.10. The summed E-state index contributed by atoms with van der Waals surface area (Å²) < 4.78 is 29.3. The predicted octanol–water partition coefficient (Wildman–Crippen LogP) is 5.10. The Morgan fingerprint density at radius 3 is 2.05 bits per heavy atom. The van der Waals surface area contributed by atoms with Crippen LogP contribution in [-0.4, -0.2) is 30.3 Å². The summed E-state index contributed by atoms with van der Waals surface area (Å²) in [6.07, 6.45) is 3.40. The lowest BCUT2D eigenvalue weighted by Crippen LogP contribution is -2.18. The summed E-state index contributed by atoms with van der Waals surface area (Å²) in [5, 5.41) is 8.87. The van der Waals surface area contributed by atoms with Crippen LogP contribution in [0.15, 0.2) is 131 Å². The minimum absolute atomic E-state index is 0.154. The molecule has 0 saturated carbocycles. The van der Waals surface area contributed by atoms with Gasteiger partial charge in [-0.3, -0.25) is 9.52 Å². The van der Waals surface area contributed by atoms with Crippen LogP contribution in [0.1, 0.15) is 15.9 Å². The van der Waals surface area contributed by atoms with Crippen LogP contribution in [0.25, 0.3) is 16.9 Å². The van der Waals surface area contributed by atoms with E-state index in [-0.39, 0.29) is 4.90 Å². The van der Waals surface area contributed by atoms with Crippen molar-refractivity contribution in [2.75, 3.05) is 4.72 Å². The Balaban J connectivity index is 1.30. The molecule has 0 aliphatic carbocycles. The molecular formula is C29H23N5O3S. The molecule has 0 bridgehead atoms. The van der Waals surface area contributed by atoms with Crippen molar-refractivity contribution in [3.63, 3.8) is 0 Å². The van der Waals surface area contributed by atoms with Crippen LogP contribution >= 0.6 is 0 Å². The lowest BCUT2D eigenvalue weighted by molar-refractivity contribution is 0.0955. The van der Waals surface area contributed by atoms with Crippen LogP contribution in [0.3, 0.4) is 0 Å². The maximum absolute atomic E-state index is 12.7. The molecule has 0 fully saturated rings. The highest BCUT2D eigenvalue weighted by molar-refractivity contribution is 7.92. The number of para-hydroxylation sites is 1. The van der Waals surface area contributed by atoms with Gasteiger partial charge in [0.2, 0.25) is 0 Å². The fraction of sp³-hybridized carbons (Fsp3) is 0. The summed E-state index contributed by atoms with van der Waals surface area (Å²) in [6, 6.07) is 33.6. The zero-order valence-corrected chi connectivity index (χ0v) is 20.9. The average molecular weight is 522 g/mol. The molecule has 9 heteroatoms. The molecule has 2 N–H and O–H groups in total. The maximum Gasteiger partial charge on any atom is 0.271 e. The van der Waals surface area contributed by atoms with Crippen LogP contribution in [0, 0.1) is 0 Å². The highest BCUT2D eigenvalue weighted by Crippen LogP contribution is 2.22. The van der Waals surface area contributed by atoms with E-state index in [2.05, 4.69) is 15.2 Å². The Hall–Kier alpha value is -5.02. The molecule has 0 saturated heterocycles. The van der Waals surface area contributed by atoms with Crippen molar-refractivity contribution in [1.29, 1.82) is 0 Å². The molecule has 1 aromatic heterocycles. The molecule has 1 heterocycles. The molecule has 38 heavy (non-hydrogen) atoms. The van der Waals surface area contributed by atoms with Gasteiger partial charge < -0.3 is 0 Å². The third kappa shape index (κ3) is 5.69. The number of carbonyl (C=O) groups excluding carboxylic acids is 1. The highest BCUT2D eigenvalue weighted by atomic mass is 32.2. The van der Waals surface area contributed by atoms with E-state index in [1.54, 1.807) is 29.1 Å². The SMILES string of the molecule is O=C(NN=Cc1cn(-c2ccccc2)nc1-c1ccccc1)c1ccc(NS(=O)(=O)c2ccccc2)cc1. The zero-order chi connectivity index (χ0) is 26.4. The number of sulfonamides is 1. The maximum atomic E-state index is 12.7. The predicted molar refractivity (Wildman–Crippen MR) is 148 cm³/mol. The number of hydrazone groups is 1. The van der Waals surface area contributed by atoms with Gasteiger partial charge in [-0.05, 0) is 48.5 Å². The van der Waals surface area contributed by atoms with E-state index in [4.69, 9.17) is 5.10 Å². The van der Waals surface area contributed by atoms with Gasteiger partial charge in [-0.2, -0.15) is 10.2 Å². The van der Waals surface area contributed by atoms with E-state index < -0.39 is 15.9 Å². The molecule has 0 spiro atoms. The third-order valence-corrected chi connectivity index (χ3v) is 7.03. The molecule has 188 valence electrons. The lowest BCUT2D eigenvalue weighted by atomic mass is 10.1. The Morgan fingerprint density at radius 2 is 1.39 bits per heavy atom. The number of aromatic nitrogens is 2. The molecule has 0 unspecified atom stereocenters. The number of nitrogens with zero attached hydrogens (tertiary/aromatic N) is 3. The number of benzene rings is 4. The largest absolute Gasteiger partial charge is 0.280 e. The smallest absolute Gasteiger partial charge is 0.271 e. The molecule has 8 nitrogen and oxygen atoms in total. The van der Waals surface area contributed by atoms with Crippen molar-refractivity contribution >= 4 is 27.8 Å². The van der Waals surface area contributed by atoms with Gasteiger partial charge in [-0.25, -0.2) is 18.5 Å². The molecule has 5 rings (SSSR count). The third-order valence-electron chi connectivity index (χ3n) is 5.63. The second-order valence-corrected chi connectivity index (χ2v) is 9.96. The van der Waals surface area contributed by atoms with Crippen LogP contribution in [0.2, 0.25) is 0 Å². The van der Waals surface area contributed by atoms with Crippen molar-refractivity contribution in [3.8, 4) is 16.9 Å². The number of nitrogens with one attached hydrogen (secondary N) is 2. The van der Waals surface area contributed by atoms with Crippen LogP contribution < -0.4 is 10.1 Å². The molecule has 5 aromatic rings. The second-order valence-electron chi connectivity index (χ2n) is 8.27. The van der Waals surface area contributed by atoms with Gasteiger partial charge >= 0.3 is 0 Å². The quantitative estimate of drug-likeness (QED) is 0.219. The van der Waals surface area contributed by atoms with E-state index in [0.29, 0.717) is 11.3 Å². The fourth-order valence-electron chi connectivity index (χ4n) is 3.74. The molecule has 0 radical (unpaired) electrons. The number of anilines is 1. The first kappa shape index (κ1) is 24.7. The van der Waals surface area contributed by atoms with Crippen molar-refractivity contribution < 1.29 is 13.2 Å². The second kappa shape index (κ2) is 10.9. The first-order valence-electron chi connectivity index (χ1n) is 11.7. The first-order valence-corrected chi connectivity index (χ1v) is 13.2. The normalized spacial score (nSPS) is 11.4. The average Bonchev–Trinajstić information content (AvgIpc) is 3.39. The topological polar surface area (TPSA) is 105 Å². The minimum Gasteiger partial charge on any atom is -0.280 e. The molecular weight excluding hydrogens is 498 g/mol. The summed E-state index contributed by atoms with van der Waals surface area (Å²) in [7, 11) is -3.72.